The van der Waals surface area contributed by atoms with Crippen LogP contribution in [0.1, 0.15) is 10.4 Å². The van der Waals surface area contributed by atoms with E-state index in [1.807, 2.05) is 0 Å². The molecular weight excluding hydrogens is 370 g/mol. The average molecular weight is 382 g/mol. The summed E-state index contributed by atoms with van der Waals surface area (Å²) in [7, 11) is 0. The zero-order valence-corrected chi connectivity index (χ0v) is 14.1. The highest BCUT2D eigenvalue weighted by atomic mass is 32.2. The second kappa shape index (κ2) is 8.39. The van der Waals surface area contributed by atoms with Crippen LogP contribution in [-0.2, 0) is 9.53 Å². The molecule has 0 saturated carbocycles. The van der Waals surface area contributed by atoms with Crippen molar-refractivity contribution in [2.24, 2.45) is 0 Å². The number of esters is 1. The van der Waals surface area contributed by atoms with Gasteiger partial charge in [0.05, 0.1) is 4.92 Å². The Morgan fingerprint density at radius 2 is 1.85 bits per heavy atom. The normalized spacial score (nSPS) is 10.3. The number of nitro groups is 1. The molecule has 1 N–H and O–H groups in total. The van der Waals surface area contributed by atoms with Crippen molar-refractivity contribution in [2.45, 2.75) is 4.90 Å². The van der Waals surface area contributed by atoms with Crippen LogP contribution in [0.5, 0.6) is 0 Å². The van der Waals surface area contributed by atoms with Crippen LogP contribution < -0.4 is 5.32 Å². The minimum Gasteiger partial charge on any atom is -0.452 e. The molecule has 0 bridgehead atoms. The van der Waals surface area contributed by atoms with Crippen LogP contribution in [-0.4, -0.2) is 29.7 Å². The summed E-state index contributed by atoms with van der Waals surface area (Å²) in [6.07, 6.45) is 1.72. The van der Waals surface area contributed by atoms with E-state index >= 15 is 0 Å². The maximum absolute atomic E-state index is 13.1. The zero-order chi connectivity index (χ0) is 19.3. The number of nitrogens with one attached hydrogen (secondary N) is 1. The Bertz CT molecular complexity index is 855. The molecule has 26 heavy (non-hydrogen) atoms. The van der Waals surface area contributed by atoms with Gasteiger partial charge in [0.1, 0.15) is 17.2 Å². The zero-order valence-electron chi connectivity index (χ0n) is 13.3. The van der Waals surface area contributed by atoms with E-state index < -0.39 is 40.7 Å². The van der Waals surface area contributed by atoms with Crippen molar-refractivity contribution in [3.05, 3.63) is 63.7 Å². The number of ether oxygens (including phenoxy) is 1. The van der Waals surface area contributed by atoms with Gasteiger partial charge in [0.2, 0.25) is 0 Å². The molecule has 0 aromatic heterocycles. The summed E-state index contributed by atoms with van der Waals surface area (Å²) in [5.74, 6) is -3.69. The number of amides is 1. The molecule has 2 aromatic carbocycles. The molecule has 0 aliphatic rings. The van der Waals surface area contributed by atoms with Gasteiger partial charge >= 0.3 is 5.97 Å². The fraction of sp³-hybridized carbons (Fsp3) is 0.125. The molecule has 0 spiro atoms. The first-order chi connectivity index (χ1) is 12.3. The van der Waals surface area contributed by atoms with Crippen molar-refractivity contribution < 1.29 is 28.0 Å². The quantitative estimate of drug-likeness (QED) is 0.356. The first-order valence-corrected chi connectivity index (χ1v) is 8.28. The van der Waals surface area contributed by atoms with Crippen LogP contribution >= 0.6 is 11.8 Å². The Kier molecular flexibility index (Phi) is 6.23. The van der Waals surface area contributed by atoms with Gasteiger partial charge in [-0.2, -0.15) is 0 Å². The first kappa shape index (κ1) is 19.3. The predicted octanol–water partition coefficient (Wildman–Crippen LogP) is 3.39. The SMILES string of the molecule is CSc1ccc([N+](=O)[O-])c(C(=O)OCC(=O)Nc2cc(F)cc(F)c2)c1. The summed E-state index contributed by atoms with van der Waals surface area (Å²) < 4.78 is 30.9. The van der Waals surface area contributed by atoms with Gasteiger partial charge in [0.25, 0.3) is 11.6 Å². The second-order valence-electron chi connectivity index (χ2n) is 4.92. The van der Waals surface area contributed by atoms with Gasteiger partial charge in [-0.05, 0) is 30.5 Å². The topological polar surface area (TPSA) is 98.5 Å². The number of hydrogen-bond acceptors (Lipinski definition) is 6. The lowest BCUT2D eigenvalue weighted by atomic mass is 10.2. The van der Waals surface area contributed by atoms with Crippen molar-refractivity contribution in [3.63, 3.8) is 0 Å². The number of rotatable bonds is 6. The number of benzene rings is 2. The van der Waals surface area contributed by atoms with Crippen LogP contribution in [0.2, 0.25) is 0 Å². The highest BCUT2D eigenvalue weighted by molar-refractivity contribution is 7.98. The smallest absolute Gasteiger partial charge is 0.345 e. The Balaban J connectivity index is 2.06. The van der Waals surface area contributed by atoms with Crippen LogP contribution in [0.15, 0.2) is 41.3 Å². The number of carbonyl (C=O) groups is 2. The van der Waals surface area contributed by atoms with E-state index in [4.69, 9.17) is 4.74 Å². The minimum atomic E-state index is -1.06. The number of nitrogens with zero attached hydrogens (tertiary/aromatic N) is 1. The van der Waals surface area contributed by atoms with E-state index in [1.54, 1.807) is 6.26 Å². The van der Waals surface area contributed by atoms with Gasteiger partial charge in [-0.15, -0.1) is 11.8 Å². The number of nitro benzene ring substituents is 1. The van der Waals surface area contributed by atoms with Crippen molar-refractivity contribution in [2.75, 3.05) is 18.2 Å². The Morgan fingerprint density at radius 1 is 1.19 bits per heavy atom. The van der Waals surface area contributed by atoms with Crippen LogP contribution in [0.25, 0.3) is 0 Å². The number of carbonyl (C=O) groups excluding carboxylic acids is 2. The van der Waals surface area contributed by atoms with E-state index in [-0.39, 0.29) is 11.3 Å². The number of hydrogen-bond donors (Lipinski definition) is 1. The molecule has 1 amide bonds. The summed E-state index contributed by atoms with van der Waals surface area (Å²) >= 11 is 1.27. The van der Waals surface area contributed by atoms with Crippen molar-refractivity contribution in [3.8, 4) is 0 Å². The third-order valence-corrected chi connectivity index (χ3v) is 3.83. The van der Waals surface area contributed by atoms with Crippen LogP contribution in [0.3, 0.4) is 0 Å². The van der Waals surface area contributed by atoms with Gasteiger partial charge in [-0.1, -0.05) is 0 Å². The molecule has 0 saturated heterocycles. The minimum absolute atomic E-state index is 0.154. The standard InChI is InChI=1S/C16H12F2N2O5S/c1-26-12-2-3-14(20(23)24)13(7-12)16(22)25-8-15(21)19-11-5-9(17)4-10(18)6-11/h2-7H,8H2,1H3,(H,19,21). The molecule has 0 fully saturated rings. The van der Waals surface area contributed by atoms with Gasteiger partial charge in [0.15, 0.2) is 6.61 Å². The molecule has 2 aromatic rings. The fourth-order valence-electron chi connectivity index (χ4n) is 2.00. The fourth-order valence-corrected chi connectivity index (χ4v) is 2.44. The summed E-state index contributed by atoms with van der Waals surface area (Å²) in [6, 6.07) is 6.33. The highest BCUT2D eigenvalue weighted by Gasteiger charge is 2.22. The van der Waals surface area contributed by atoms with Crippen molar-refractivity contribution >= 4 is 35.0 Å². The molecule has 0 aliphatic carbocycles. The average Bonchev–Trinajstić information content (AvgIpc) is 2.58. The maximum atomic E-state index is 13.1. The van der Waals surface area contributed by atoms with E-state index in [0.717, 1.165) is 18.2 Å². The molecule has 0 unspecified atom stereocenters. The number of thioether (sulfide) groups is 1. The van der Waals surface area contributed by atoms with E-state index in [9.17, 15) is 28.5 Å². The lowest BCUT2D eigenvalue weighted by molar-refractivity contribution is -0.385. The molecule has 136 valence electrons. The Hall–Kier alpha value is -3.01. The summed E-state index contributed by atoms with van der Waals surface area (Å²) in [4.78, 5) is 34.7. The van der Waals surface area contributed by atoms with Gasteiger partial charge < -0.3 is 10.1 Å². The molecule has 2 rings (SSSR count). The molecule has 0 radical (unpaired) electrons. The van der Waals surface area contributed by atoms with Gasteiger partial charge in [-0.3, -0.25) is 14.9 Å². The van der Waals surface area contributed by atoms with E-state index in [1.165, 1.54) is 23.9 Å². The van der Waals surface area contributed by atoms with E-state index in [2.05, 4.69) is 5.32 Å². The lowest BCUT2D eigenvalue weighted by Gasteiger charge is -2.08. The van der Waals surface area contributed by atoms with E-state index in [0.29, 0.717) is 11.0 Å². The third kappa shape index (κ3) is 4.99. The predicted molar refractivity (Wildman–Crippen MR) is 90.1 cm³/mol. The molecule has 0 aliphatic heterocycles. The van der Waals surface area contributed by atoms with Gasteiger partial charge in [-0.25, -0.2) is 13.6 Å². The van der Waals surface area contributed by atoms with Crippen LogP contribution in [0, 0.1) is 21.7 Å². The van der Waals surface area contributed by atoms with Crippen molar-refractivity contribution in [1.82, 2.24) is 0 Å². The third-order valence-electron chi connectivity index (χ3n) is 3.10. The molecule has 10 heteroatoms. The highest BCUT2D eigenvalue weighted by Crippen LogP contribution is 2.25. The molecule has 7 nitrogen and oxygen atoms in total. The summed E-state index contributed by atoms with van der Waals surface area (Å²) in [6.45, 7) is -0.780. The first-order valence-electron chi connectivity index (χ1n) is 7.05. The molecule has 0 atom stereocenters. The number of halogens is 2. The summed E-state index contributed by atoms with van der Waals surface area (Å²) in [5, 5.41) is 13.2. The lowest BCUT2D eigenvalue weighted by Crippen LogP contribution is -2.21. The van der Waals surface area contributed by atoms with Gasteiger partial charge in [0, 0.05) is 22.7 Å². The largest absolute Gasteiger partial charge is 0.452 e. The molecule has 0 heterocycles. The Morgan fingerprint density at radius 3 is 2.42 bits per heavy atom. The Labute approximate surface area is 150 Å². The monoisotopic (exact) mass is 382 g/mol. The summed E-state index contributed by atoms with van der Waals surface area (Å²) in [5.41, 5.74) is -0.911. The number of anilines is 1. The van der Waals surface area contributed by atoms with Crippen LogP contribution in [0.4, 0.5) is 20.2 Å². The molecular formula is C16H12F2N2O5S. The van der Waals surface area contributed by atoms with Crippen molar-refractivity contribution in [1.29, 1.82) is 0 Å². The maximum Gasteiger partial charge on any atom is 0.345 e. The second-order valence-corrected chi connectivity index (χ2v) is 5.80.